The zero-order valence-corrected chi connectivity index (χ0v) is 18.2. The van der Waals surface area contributed by atoms with E-state index in [4.69, 9.17) is 4.74 Å². The van der Waals surface area contributed by atoms with E-state index in [1.165, 1.54) is 12.1 Å². The summed E-state index contributed by atoms with van der Waals surface area (Å²) in [5, 5.41) is 13.7. The van der Waals surface area contributed by atoms with Crippen molar-refractivity contribution in [2.45, 2.75) is 37.7 Å². The first-order valence-electron chi connectivity index (χ1n) is 9.91. The summed E-state index contributed by atoms with van der Waals surface area (Å²) in [5.74, 6) is -0.475. The van der Waals surface area contributed by atoms with Crippen molar-refractivity contribution < 1.29 is 22.9 Å². The molecule has 2 aromatic rings. The van der Waals surface area contributed by atoms with Crippen LogP contribution in [0.4, 0.5) is 11.4 Å². The largest absolute Gasteiger partial charge is 0.377 e. The Labute approximate surface area is 181 Å². The van der Waals surface area contributed by atoms with Gasteiger partial charge in [-0.15, -0.1) is 0 Å². The third-order valence-corrected chi connectivity index (χ3v) is 7.14. The van der Waals surface area contributed by atoms with E-state index in [0.717, 1.165) is 34.0 Å². The summed E-state index contributed by atoms with van der Waals surface area (Å²) in [5.41, 5.74) is 2.32. The molecule has 1 amide bonds. The SMILES string of the molecule is Cc1cccc(NC(=O)CN(CC2CCCO2)S(=O)(=O)c2ccc([N+](=O)[O-])cc2)c1C. The molecule has 1 saturated heterocycles. The van der Waals surface area contributed by atoms with Crippen molar-refractivity contribution in [1.29, 1.82) is 0 Å². The molecule has 1 heterocycles. The van der Waals surface area contributed by atoms with Crippen LogP contribution in [0.3, 0.4) is 0 Å². The van der Waals surface area contributed by atoms with Crippen molar-refractivity contribution in [2.24, 2.45) is 0 Å². The molecule has 0 spiro atoms. The minimum Gasteiger partial charge on any atom is -0.377 e. The van der Waals surface area contributed by atoms with E-state index < -0.39 is 27.4 Å². The monoisotopic (exact) mass is 447 g/mol. The van der Waals surface area contributed by atoms with E-state index in [2.05, 4.69) is 5.32 Å². The van der Waals surface area contributed by atoms with Gasteiger partial charge in [-0.1, -0.05) is 12.1 Å². The Morgan fingerprint density at radius 1 is 1.23 bits per heavy atom. The number of hydrogen-bond acceptors (Lipinski definition) is 6. The minimum atomic E-state index is -4.07. The first-order chi connectivity index (χ1) is 14.7. The predicted octanol–water partition coefficient (Wildman–Crippen LogP) is 3.02. The number of aryl methyl sites for hydroxylation is 1. The molecule has 1 N–H and O–H groups in total. The number of non-ortho nitro benzene ring substituents is 1. The molecule has 0 bridgehead atoms. The van der Waals surface area contributed by atoms with Gasteiger partial charge in [0.25, 0.3) is 5.69 Å². The quantitative estimate of drug-likeness (QED) is 0.491. The number of nitro groups is 1. The fraction of sp³-hybridized carbons (Fsp3) is 0.381. The molecule has 9 nitrogen and oxygen atoms in total. The highest BCUT2D eigenvalue weighted by Gasteiger charge is 2.31. The first kappa shape index (κ1) is 22.9. The Bertz CT molecular complexity index is 1060. The van der Waals surface area contributed by atoms with E-state index in [-0.39, 0.29) is 23.2 Å². The van der Waals surface area contributed by atoms with Crippen LogP contribution in [0.5, 0.6) is 0 Å². The van der Waals surface area contributed by atoms with Gasteiger partial charge in [-0.25, -0.2) is 8.42 Å². The van der Waals surface area contributed by atoms with E-state index in [0.29, 0.717) is 18.7 Å². The third-order valence-electron chi connectivity index (χ3n) is 5.32. The molecule has 1 fully saturated rings. The Morgan fingerprint density at radius 2 is 1.94 bits per heavy atom. The second kappa shape index (κ2) is 9.54. The molecular formula is C21H25N3O6S. The third kappa shape index (κ3) is 5.46. The highest BCUT2D eigenvalue weighted by molar-refractivity contribution is 7.89. The van der Waals surface area contributed by atoms with E-state index >= 15 is 0 Å². The van der Waals surface area contributed by atoms with Gasteiger partial charge in [-0.2, -0.15) is 4.31 Å². The number of carbonyl (C=O) groups is 1. The van der Waals surface area contributed by atoms with E-state index in [1.807, 2.05) is 26.0 Å². The number of benzene rings is 2. The van der Waals surface area contributed by atoms with Crippen molar-refractivity contribution in [2.75, 3.05) is 25.0 Å². The number of nitrogens with one attached hydrogen (secondary N) is 1. The average Bonchev–Trinajstić information content (AvgIpc) is 3.24. The maximum absolute atomic E-state index is 13.2. The normalized spacial score (nSPS) is 16.4. The van der Waals surface area contributed by atoms with Gasteiger partial charge in [0.05, 0.1) is 22.5 Å². The summed E-state index contributed by atoms with van der Waals surface area (Å²) < 4.78 is 33.1. The standard InChI is InChI=1S/C21H25N3O6S/c1-15-5-3-7-20(16(15)2)22-21(25)14-23(13-18-6-4-12-30-18)31(28,29)19-10-8-17(9-11-19)24(26)27/h3,5,7-11,18H,4,6,12-14H2,1-2H3,(H,22,25). The molecule has 10 heteroatoms. The zero-order valence-electron chi connectivity index (χ0n) is 17.4. The molecule has 166 valence electrons. The summed E-state index contributed by atoms with van der Waals surface area (Å²) >= 11 is 0. The van der Waals surface area contributed by atoms with Gasteiger partial charge < -0.3 is 10.1 Å². The van der Waals surface area contributed by atoms with Crippen LogP contribution in [0, 0.1) is 24.0 Å². The number of amides is 1. The summed E-state index contributed by atoms with van der Waals surface area (Å²) in [6.07, 6.45) is 1.22. The number of ether oxygens (including phenoxy) is 1. The Balaban J connectivity index is 1.83. The Hall–Kier alpha value is -2.82. The van der Waals surface area contributed by atoms with Gasteiger partial charge in [-0.3, -0.25) is 14.9 Å². The fourth-order valence-electron chi connectivity index (χ4n) is 3.39. The van der Waals surface area contributed by atoms with Crippen LogP contribution in [0.1, 0.15) is 24.0 Å². The van der Waals surface area contributed by atoms with E-state index in [9.17, 15) is 23.3 Å². The first-order valence-corrected chi connectivity index (χ1v) is 11.3. The lowest BCUT2D eigenvalue weighted by atomic mass is 10.1. The molecule has 0 radical (unpaired) electrons. The summed E-state index contributed by atoms with van der Waals surface area (Å²) in [4.78, 5) is 22.9. The number of sulfonamides is 1. The van der Waals surface area contributed by atoms with Gasteiger partial charge in [-0.05, 0) is 56.0 Å². The second-order valence-electron chi connectivity index (χ2n) is 7.48. The van der Waals surface area contributed by atoms with Gasteiger partial charge in [0, 0.05) is 31.0 Å². The summed E-state index contributed by atoms with van der Waals surface area (Å²) in [6, 6.07) is 10.1. The molecule has 0 aliphatic carbocycles. The smallest absolute Gasteiger partial charge is 0.269 e. The highest BCUT2D eigenvalue weighted by Crippen LogP contribution is 2.23. The Morgan fingerprint density at radius 3 is 2.55 bits per heavy atom. The molecule has 3 rings (SSSR count). The van der Waals surface area contributed by atoms with Crippen molar-refractivity contribution in [3.8, 4) is 0 Å². The molecule has 2 aromatic carbocycles. The number of hydrogen-bond donors (Lipinski definition) is 1. The number of nitro benzene ring substituents is 1. The predicted molar refractivity (Wildman–Crippen MR) is 115 cm³/mol. The maximum Gasteiger partial charge on any atom is 0.269 e. The van der Waals surface area contributed by atoms with Crippen LogP contribution < -0.4 is 5.32 Å². The zero-order chi connectivity index (χ0) is 22.6. The van der Waals surface area contributed by atoms with Crippen LogP contribution in [0.25, 0.3) is 0 Å². The molecule has 1 aliphatic heterocycles. The lowest BCUT2D eigenvalue weighted by molar-refractivity contribution is -0.384. The van der Waals surface area contributed by atoms with Crippen molar-refractivity contribution in [1.82, 2.24) is 4.31 Å². The van der Waals surface area contributed by atoms with Gasteiger partial charge >= 0.3 is 0 Å². The van der Waals surface area contributed by atoms with Crippen LogP contribution in [0.2, 0.25) is 0 Å². The molecular weight excluding hydrogens is 422 g/mol. The van der Waals surface area contributed by atoms with Crippen LogP contribution in [0.15, 0.2) is 47.4 Å². The molecule has 1 unspecified atom stereocenters. The maximum atomic E-state index is 13.2. The lowest BCUT2D eigenvalue weighted by Gasteiger charge is -2.24. The second-order valence-corrected chi connectivity index (χ2v) is 9.42. The van der Waals surface area contributed by atoms with Gasteiger partial charge in [0.15, 0.2) is 0 Å². The fourth-order valence-corrected chi connectivity index (χ4v) is 4.82. The molecule has 0 saturated carbocycles. The Kier molecular flexibility index (Phi) is 7.04. The van der Waals surface area contributed by atoms with Gasteiger partial charge in [0.2, 0.25) is 15.9 Å². The van der Waals surface area contributed by atoms with E-state index in [1.54, 1.807) is 6.07 Å². The van der Waals surface area contributed by atoms with Gasteiger partial charge in [0.1, 0.15) is 0 Å². The summed E-state index contributed by atoms with van der Waals surface area (Å²) in [6.45, 7) is 3.98. The molecule has 1 aliphatic rings. The summed E-state index contributed by atoms with van der Waals surface area (Å²) in [7, 11) is -4.07. The van der Waals surface area contributed by atoms with Crippen molar-refractivity contribution in [3.63, 3.8) is 0 Å². The van der Waals surface area contributed by atoms with Crippen molar-refractivity contribution in [3.05, 3.63) is 63.7 Å². The number of nitrogens with zero attached hydrogens (tertiary/aromatic N) is 2. The molecule has 31 heavy (non-hydrogen) atoms. The van der Waals surface area contributed by atoms with Crippen LogP contribution >= 0.6 is 0 Å². The number of carbonyl (C=O) groups excluding carboxylic acids is 1. The van der Waals surface area contributed by atoms with Crippen LogP contribution in [-0.2, 0) is 19.6 Å². The average molecular weight is 448 g/mol. The van der Waals surface area contributed by atoms with Crippen LogP contribution in [-0.4, -0.2) is 49.4 Å². The topological polar surface area (TPSA) is 119 Å². The highest BCUT2D eigenvalue weighted by atomic mass is 32.2. The molecule has 1 atom stereocenters. The number of anilines is 1. The molecule has 0 aromatic heterocycles. The number of rotatable bonds is 8. The van der Waals surface area contributed by atoms with Crippen molar-refractivity contribution >= 4 is 27.3 Å². The minimum absolute atomic E-state index is 0.0273. The lowest BCUT2D eigenvalue weighted by Crippen LogP contribution is -2.42.